The average Bonchev–Trinajstić information content (AvgIpc) is 2.69. The van der Waals surface area contributed by atoms with Gasteiger partial charge in [0.1, 0.15) is 0 Å². The fourth-order valence-electron chi connectivity index (χ4n) is 2.94. The van der Waals surface area contributed by atoms with E-state index < -0.39 is 29.5 Å². The molecule has 1 aromatic heterocycles. The largest absolute Gasteiger partial charge is 0.507 e. The number of aryl methyl sites for hydroxylation is 2. The fraction of sp³-hybridized carbons (Fsp3) is 0.200. The Morgan fingerprint density at radius 2 is 1.50 bits per heavy atom. The number of anilines is 4. The number of nitrogens with zero attached hydrogens (tertiary/aromatic N) is 2. The molecule has 0 aliphatic carbocycles. The maximum atomic E-state index is 14.2. The zero-order chi connectivity index (χ0) is 23.3. The minimum atomic E-state index is -4.87. The third-order valence-electron chi connectivity index (χ3n) is 4.46. The molecule has 1 aliphatic heterocycles. The quantitative estimate of drug-likeness (QED) is 0.432. The summed E-state index contributed by atoms with van der Waals surface area (Å²) < 4.78 is 75.7. The number of nitrogens with one attached hydrogen (secondary N) is 2. The van der Waals surface area contributed by atoms with Crippen LogP contribution in [0.2, 0.25) is 5.02 Å². The number of alkyl halides is 4. The topological polar surface area (TPSA) is 68.3 Å². The van der Waals surface area contributed by atoms with Crippen LogP contribution in [-0.2, 0) is 0 Å². The molecule has 0 saturated heterocycles. The number of hydrogen-bond donors (Lipinski definition) is 2. The van der Waals surface area contributed by atoms with Crippen LogP contribution in [0.3, 0.4) is 0 Å². The number of halogens is 6. The van der Waals surface area contributed by atoms with E-state index >= 15 is 0 Å². The van der Waals surface area contributed by atoms with Crippen LogP contribution in [0, 0.1) is 19.7 Å². The van der Waals surface area contributed by atoms with Crippen molar-refractivity contribution in [3.8, 4) is 11.5 Å². The first kappa shape index (κ1) is 21.9. The van der Waals surface area contributed by atoms with Crippen LogP contribution in [-0.4, -0.2) is 22.2 Å². The van der Waals surface area contributed by atoms with E-state index in [2.05, 4.69) is 30.1 Å². The van der Waals surface area contributed by atoms with E-state index in [1.165, 1.54) is 6.07 Å². The van der Waals surface area contributed by atoms with Gasteiger partial charge in [-0.05, 0) is 49.2 Å². The van der Waals surface area contributed by atoms with Gasteiger partial charge in [-0.3, -0.25) is 0 Å². The molecule has 4 rings (SSSR count). The van der Waals surface area contributed by atoms with Gasteiger partial charge in [0, 0.05) is 22.5 Å². The van der Waals surface area contributed by atoms with E-state index in [4.69, 9.17) is 11.6 Å². The number of rotatable bonds is 4. The lowest BCUT2D eigenvalue weighted by molar-refractivity contribution is -0.391. The van der Waals surface area contributed by atoms with Crippen LogP contribution in [0.4, 0.5) is 45.1 Å². The fourth-order valence-corrected chi connectivity index (χ4v) is 3.05. The zero-order valence-electron chi connectivity index (χ0n) is 16.4. The summed E-state index contributed by atoms with van der Waals surface area (Å²) in [5.74, 6) is -2.33. The van der Waals surface area contributed by atoms with Gasteiger partial charge in [0.15, 0.2) is 23.1 Å². The number of hydrogen-bond acceptors (Lipinski definition) is 6. The predicted octanol–water partition coefficient (Wildman–Crippen LogP) is 6.33. The lowest BCUT2D eigenvalue weighted by Crippen LogP contribution is -2.52. The second-order valence-electron chi connectivity index (χ2n) is 6.96. The summed E-state index contributed by atoms with van der Waals surface area (Å²) in [5, 5.41) is 6.11. The highest BCUT2D eigenvalue weighted by molar-refractivity contribution is 6.32. The normalized spacial score (nSPS) is 15.9. The average molecular weight is 473 g/mol. The Hall–Kier alpha value is -3.34. The summed E-state index contributed by atoms with van der Waals surface area (Å²) >= 11 is 6.15. The SMILES string of the molecule is Cc1cc(Nc2ncc(F)c(Nc3ccc4c(c3)OC(F)(F)C(F)(F)O4)n2)cc(C)c1Cl. The molecule has 12 heteroatoms. The Bertz CT molecular complexity index is 1190. The van der Waals surface area contributed by atoms with E-state index in [9.17, 15) is 22.0 Å². The van der Waals surface area contributed by atoms with Gasteiger partial charge in [-0.1, -0.05) is 11.6 Å². The van der Waals surface area contributed by atoms with Gasteiger partial charge in [-0.25, -0.2) is 9.37 Å². The van der Waals surface area contributed by atoms with Crippen LogP contribution < -0.4 is 20.1 Å². The molecular weight excluding hydrogens is 459 g/mol. The summed E-state index contributed by atoms with van der Waals surface area (Å²) in [4.78, 5) is 7.89. The molecule has 32 heavy (non-hydrogen) atoms. The van der Waals surface area contributed by atoms with Crippen molar-refractivity contribution in [3.05, 3.63) is 58.5 Å². The first-order valence-electron chi connectivity index (χ1n) is 9.06. The van der Waals surface area contributed by atoms with Crippen molar-refractivity contribution in [2.24, 2.45) is 0 Å². The van der Waals surface area contributed by atoms with Crippen LogP contribution in [0.25, 0.3) is 0 Å². The van der Waals surface area contributed by atoms with Crippen molar-refractivity contribution >= 4 is 34.7 Å². The second kappa shape index (κ2) is 7.66. The molecule has 3 aromatic rings. The van der Waals surface area contributed by atoms with Crippen molar-refractivity contribution in [2.45, 2.75) is 26.1 Å². The van der Waals surface area contributed by atoms with Crippen LogP contribution >= 0.6 is 11.6 Å². The summed E-state index contributed by atoms with van der Waals surface area (Å²) in [6.07, 6.45) is -8.79. The Balaban J connectivity index is 1.58. The molecule has 0 amide bonds. The van der Waals surface area contributed by atoms with Crippen molar-refractivity contribution in [1.29, 1.82) is 0 Å². The molecule has 1 aliphatic rings. The van der Waals surface area contributed by atoms with Crippen molar-refractivity contribution in [1.82, 2.24) is 9.97 Å². The molecule has 6 nitrogen and oxygen atoms in total. The van der Waals surface area contributed by atoms with Gasteiger partial charge < -0.3 is 20.1 Å². The Morgan fingerprint density at radius 1 is 0.875 bits per heavy atom. The monoisotopic (exact) mass is 472 g/mol. The number of benzene rings is 2. The molecule has 0 radical (unpaired) electrons. The van der Waals surface area contributed by atoms with Gasteiger partial charge in [-0.2, -0.15) is 22.5 Å². The highest BCUT2D eigenvalue weighted by Crippen LogP contribution is 2.47. The molecule has 0 fully saturated rings. The zero-order valence-corrected chi connectivity index (χ0v) is 17.2. The first-order valence-corrected chi connectivity index (χ1v) is 9.44. The van der Waals surface area contributed by atoms with Gasteiger partial charge in [0.25, 0.3) is 0 Å². The minimum Gasteiger partial charge on any atom is -0.421 e. The molecule has 0 bridgehead atoms. The highest BCUT2D eigenvalue weighted by atomic mass is 35.5. The standard InChI is InChI=1S/C20H14ClF5N4O2/c1-9-5-12(6-10(2)16(9)21)29-18-27-8-13(22)17(30-18)28-11-3-4-14-15(7-11)32-20(25,26)19(23,24)31-14/h3-8H,1-2H3,(H2,27,28,29,30). The maximum absolute atomic E-state index is 14.2. The van der Waals surface area contributed by atoms with Crippen molar-refractivity contribution < 1.29 is 31.4 Å². The van der Waals surface area contributed by atoms with Crippen LogP contribution in [0.1, 0.15) is 11.1 Å². The molecular formula is C20H14ClF5N4O2. The van der Waals surface area contributed by atoms with Crippen molar-refractivity contribution in [3.63, 3.8) is 0 Å². The highest BCUT2D eigenvalue weighted by Gasteiger charge is 2.65. The third kappa shape index (κ3) is 4.07. The molecule has 2 N–H and O–H groups in total. The summed E-state index contributed by atoms with van der Waals surface area (Å²) in [6.45, 7) is 3.64. The summed E-state index contributed by atoms with van der Waals surface area (Å²) in [7, 11) is 0. The van der Waals surface area contributed by atoms with E-state index in [0.29, 0.717) is 10.7 Å². The lowest BCUT2D eigenvalue weighted by Gasteiger charge is -2.31. The number of fused-ring (bicyclic) bond motifs is 1. The molecule has 0 unspecified atom stereocenters. The van der Waals surface area contributed by atoms with Gasteiger partial charge in [-0.15, -0.1) is 0 Å². The van der Waals surface area contributed by atoms with E-state index in [-0.39, 0.29) is 17.5 Å². The predicted molar refractivity (Wildman–Crippen MR) is 107 cm³/mol. The maximum Gasteiger partial charge on any atom is 0.507 e. The molecule has 0 spiro atoms. The van der Waals surface area contributed by atoms with Gasteiger partial charge in [0.05, 0.1) is 6.20 Å². The molecule has 168 valence electrons. The summed E-state index contributed by atoms with van der Waals surface area (Å²) in [5.41, 5.74) is 2.28. The van der Waals surface area contributed by atoms with Gasteiger partial charge in [0.2, 0.25) is 5.95 Å². The molecule has 0 atom stereocenters. The first-order chi connectivity index (χ1) is 14.9. The van der Waals surface area contributed by atoms with E-state index in [1.807, 2.05) is 13.8 Å². The Labute approximate surface area is 183 Å². The van der Waals surface area contributed by atoms with E-state index in [1.54, 1.807) is 12.1 Å². The Morgan fingerprint density at radius 3 is 2.16 bits per heavy atom. The van der Waals surface area contributed by atoms with Crippen LogP contribution in [0.5, 0.6) is 11.5 Å². The smallest absolute Gasteiger partial charge is 0.421 e. The van der Waals surface area contributed by atoms with Crippen LogP contribution in [0.15, 0.2) is 36.5 Å². The number of ether oxygens (including phenoxy) is 2. The van der Waals surface area contributed by atoms with Gasteiger partial charge >= 0.3 is 12.2 Å². The second-order valence-corrected chi connectivity index (χ2v) is 7.34. The Kier molecular flexibility index (Phi) is 5.24. The molecule has 2 heterocycles. The van der Waals surface area contributed by atoms with E-state index in [0.717, 1.165) is 29.5 Å². The lowest BCUT2D eigenvalue weighted by atomic mass is 10.1. The molecule has 0 saturated carbocycles. The summed E-state index contributed by atoms with van der Waals surface area (Å²) in [6, 6.07) is 6.66. The number of aromatic nitrogens is 2. The third-order valence-corrected chi connectivity index (χ3v) is 5.05. The molecule has 2 aromatic carbocycles. The minimum absolute atomic E-state index is 0.0371. The van der Waals surface area contributed by atoms with Crippen molar-refractivity contribution in [2.75, 3.05) is 10.6 Å².